The van der Waals surface area contributed by atoms with Crippen LogP contribution >= 0.6 is 11.3 Å². The highest BCUT2D eigenvalue weighted by Gasteiger charge is 2.23. The molecule has 0 bridgehead atoms. The summed E-state index contributed by atoms with van der Waals surface area (Å²) < 4.78 is 13.0. The van der Waals surface area contributed by atoms with Crippen LogP contribution in [0.1, 0.15) is 40.6 Å². The molecule has 0 spiro atoms. The van der Waals surface area contributed by atoms with E-state index in [0.29, 0.717) is 28.5 Å². The maximum Gasteiger partial charge on any atom is 0.207 e. The number of carbonyl (C=O) groups excluding carboxylic acids is 1. The molecule has 0 aliphatic carbocycles. The third-order valence-electron chi connectivity index (χ3n) is 6.66. The molecular formula is C30H31NO4S. The molecule has 1 atom stereocenters. The average Bonchev–Trinajstić information content (AvgIpc) is 3.45. The van der Waals surface area contributed by atoms with Crippen LogP contribution in [0, 0.1) is 12.8 Å². The third-order valence-corrected chi connectivity index (χ3v) is 7.80. The van der Waals surface area contributed by atoms with Crippen LogP contribution in [0.2, 0.25) is 0 Å². The van der Waals surface area contributed by atoms with E-state index in [1.54, 1.807) is 18.2 Å². The minimum atomic E-state index is -0.0869. The number of ketones is 1. The highest BCUT2D eigenvalue weighted by atomic mass is 32.1. The summed E-state index contributed by atoms with van der Waals surface area (Å²) in [7, 11) is 0. The highest BCUT2D eigenvalue weighted by Crippen LogP contribution is 2.43. The maximum absolute atomic E-state index is 13.5. The van der Waals surface area contributed by atoms with Gasteiger partial charge in [0.15, 0.2) is 5.75 Å². The van der Waals surface area contributed by atoms with Crippen molar-refractivity contribution in [1.29, 1.82) is 0 Å². The summed E-state index contributed by atoms with van der Waals surface area (Å²) in [4.78, 5) is 16.5. The molecule has 1 aliphatic rings. The Morgan fingerprint density at radius 1 is 1.08 bits per heavy atom. The van der Waals surface area contributed by atoms with Crippen molar-refractivity contribution in [3.05, 3.63) is 82.7 Å². The number of phenols is 1. The molecule has 5 nitrogen and oxygen atoms in total. The van der Waals surface area contributed by atoms with Gasteiger partial charge in [-0.15, -0.1) is 11.3 Å². The first-order valence-electron chi connectivity index (χ1n) is 12.5. The van der Waals surface area contributed by atoms with Crippen molar-refractivity contribution in [2.75, 3.05) is 26.2 Å². The molecule has 36 heavy (non-hydrogen) atoms. The van der Waals surface area contributed by atoms with Gasteiger partial charge in [0.1, 0.15) is 22.1 Å². The Morgan fingerprint density at radius 2 is 1.86 bits per heavy atom. The second kappa shape index (κ2) is 10.7. The number of aryl methyl sites for hydroxylation is 1. The van der Waals surface area contributed by atoms with Crippen molar-refractivity contribution < 1.29 is 19.4 Å². The van der Waals surface area contributed by atoms with E-state index < -0.39 is 0 Å². The summed E-state index contributed by atoms with van der Waals surface area (Å²) in [5, 5.41) is 10.8. The number of fused-ring (bicyclic) bond motifs is 1. The Hall–Kier alpha value is -3.35. The molecule has 0 radical (unpaired) electrons. The van der Waals surface area contributed by atoms with Gasteiger partial charge in [-0.25, -0.2) is 0 Å². The van der Waals surface area contributed by atoms with E-state index >= 15 is 0 Å². The summed E-state index contributed by atoms with van der Waals surface area (Å²) >= 11 is 1.33. The van der Waals surface area contributed by atoms with Gasteiger partial charge in [0, 0.05) is 28.7 Å². The normalized spacial score (nSPS) is 15.9. The average molecular weight is 502 g/mol. The molecule has 1 saturated heterocycles. The molecule has 0 amide bonds. The van der Waals surface area contributed by atoms with Crippen LogP contribution in [0.4, 0.5) is 0 Å². The number of carbonyl (C=O) groups is 1. The van der Waals surface area contributed by atoms with E-state index in [2.05, 4.69) is 11.8 Å². The van der Waals surface area contributed by atoms with E-state index in [1.807, 2.05) is 55.5 Å². The fraction of sp³-hybridized carbons (Fsp3) is 0.300. The monoisotopic (exact) mass is 501 g/mol. The van der Waals surface area contributed by atoms with Gasteiger partial charge >= 0.3 is 0 Å². The lowest BCUT2D eigenvalue weighted by atomic mass is 10.0. The molecule has 0 unspecified atom stereocenters. The van der Waals surface area contributed by atoms with Gasteiger partial charge in [0.2, 0.25) is 5.78 Å². The van der Waals surface area contributed by atoms with Crippen molar-refractivity contribution in [3.8, 4) is 23.0 Å². The van der Waals surface area contributed by atoms with Crippen molar-refractivity contribution in [3.63, 3.8) is 0 Å². The van der Waals surface area contributed by atoms with E-state index in [1.165, 1.54) is 30.8 Å². The zero-order chi connectivity index (χ0) is 25.1. The molecule has 1 N–H and O–H groups in total. The number of hydrogen-bond donors (Lipinski definition) is 1. The molecule has 0 saturated carbocycles. The number of aromatic hydroxyl groups is 1. The van der Waals surface area contributed by atoms with Crippen LogP contribution in [-0.4, -0.2) is 42.0 Å². The van der Waals surface area contributed by atoms with Gasteiger partial charge in [0.05, 0.1) is 6.61 Å². The predicted octanol–water partition coefficient (Wildman–Crippen LogP) is 7.05. The molecular weight excluding hydrogens is 470 g/mol. The number of benzene rings is 3. The number of ether oxygens (including phenoxy) is 2. The minimum Gasteiger partial charge on any atom is -0.508 e. The third kappa shape index (κ3) is 5.40. The summed E-state index contributed by atoms with van der Waals surface area (Å²) in [6.07, 6.45) is 2.30. The smallest absolute Gasteiger partial charge is 0.207 e. The van der Waals surface area contributed by atoms with Crippen molar-refractivity contribution in [2.45, 2.75) is 26.7 Å². The lowest BCUT2D eigenvalue weighted by Crippen LogP contribution is -2.22. The highest BCUT2D eigenvalue weighted by molar-refractivity contribution is 7.21. The van der Waals surface area contributed by atoms with Crippen LogP contribution in [0.25, 0.3) is 10.1 Å². The summed E-state index contributed by atoms with van der Waals surface area (Å²) in [5.41, 5.74) is 1.56. The molecule has 1 aliphatic heterocycles. The lowest BCUT2D eigenvalue weighted by Gasteiger charge is -2.15. The van der Waals surface area contributed by atoms with E-state index in [9.17, 15) is 9.90 Å². The Balaban J connectivity index is 1.31. The first kappa shape index (κ1) is 24.3. The predicted molar refractivity (Wildman–Crippen MR) is 145 cm³/mol. The number of likely N-dealkylation sites (tertiary alicyclic amines) is 1. The molecule has 6 heteroatoms. The fourth-order valence-corrected chi connectivity index (χ4v) is 5.81. The van der Waals surface area contributed by atoms with E-state index in [0.717, 1.165) is 40.3 Å². The van der Waals surface area contributed by atoms with Crippen LogP contribution in [0.15, 0.2) is 66.7 Å². The lowest BCUT2D eigenvalue weighted by molar-refractivity contribution is 0.104. The number of thiophene rings is 1. The van der Waals surface area contributed by atoms with Crippen molar-refractivity contribution >= 4 is 27.2 Å². The Kier molecular flexibility index (Phi) is 7.25. The fourth-order valence-electron chi connectivity index (χ4n) is 4.69. The topological polar surface area (TPSA) is 59.0 Å². The van der Waals surface area contributed by atoms with E-state index in [4.69, 9.17) is 9.47 Å². The second-order valence-corrected chi connectivity index (χ2v) is 10.6. The molecule has 2 heterocycles. The number of nitrogens with zero attached hydrogens (tertiary/aromatic N) is 1. The summed E-state index contributed by atoms with van der Waals surface area (Å²) in [5.74, 6) is 2.81. The Labute approximate surface area is 215 Å². The van der Waals surface area contributed by atoms with Crippen LogP contribution in [0.3, 0.4) is 0 Å². The van der Waals surface area contributed by atoms with Gasteiger partial charge in [-0.05, 0) is 80.3 Å². The summed E-state index contributed by atoms with van der Waals surface area (Å²) in [6, 6.07) is 20.2. The largest absolute Gasteiger partial charge is 0.508 e. The number of hydrogen-bond acceptors (Lipinski definition) is 6. The summed E-state index contributed by atoms with van der Waals surface area (Å²) in [6.45, 7) is 8.38. The Morgan fingerprint density at radius 3 is 2.61 bits per heavy atom. The molecule has 3 aromatic carbocycles. The van der Waals surface area contributed by atoms with Crippen molar-refractivity contribution in [1.82, 2.24) is 4.90 Å². The van der Waals surface area contributed by atoms with Gasteiger partial charge in [-0.3, -0.25) is 4.79 Å². The minimum absolute atomic E-state index is 0.0869. The van der Waals surface area contributed by atoms with Crippen LogP contribution < -0.4 is 9.47 Å². The standard InChI is InChI=1S/C30H31NO4S/c1-20-14-16-31(19-20)15-5-17-34-23-9-11-24(12-10-23)35-29-26-13-8-22(32)18-27(26)36-30(29)28(33)25-7-4-3-6-21(25)2/h3-4,6-13,18,20,32H,5,14-17,19H2,1-2H3/t20-/m0/s1. The molecule has 5 rings (SSSR count). The van der Waals surface area contributed by atoms with Gasteiger partial charge < -0.3 is 19.5 Å². The van der Waals surface area contributed by atoms with Crippen LogP contribution in [-0.2, 0) is 0 Å². The molecule has 4 aromatic rings. The second-order valence-electron chi connectivity index (χ2n) is 9.55. The zero-order valence-corrected chi connectivity index (χ0v) is 21.5. The van der Waals surface area contributed by atoms with Crippen LogP contribution in [0.5, 0.6) is 23.0 Å². The SMILES string of the molecule is Cc1ccccc1C(=O)c1sc2cc(O)ccc2c1Oc1ccc(OCCCN2CC[C@H](C)C2)cc1. The van der Waals surface area contributed by atoms with Crippen molar-refractivity contribution in [2.24, 2.45) is 5.92 Å². The quantitative estimate of drug-likeness (QED) is 0.197. The first-order valence-corrected chi connectivity index (χ1v) is 13.3. The van der Waals surface area contributed by atoms with E-state index in [-0.39, 0.29) is 11.5 Å². The first-order chi connectivity index (χ1) is 17.5. The maximum atomic E-state index is 13.5. The van der Waals surface area contributed by atoms with Gasteiger partial charge in [-0.2, -0.15) is 0 Å². The molecule has 1 fully saturated rings. The van der Waals surface area contributed by atoms with Gasteiger partial charge in [0.25, 0.3) is 0 Å². The molecule has 1 aromatic heterocycles. The Bertz CT molecular complexity index is 1360. The molecule has 186 valence electrons. The van der Waals surface area contributed by atoms with Gasteiger partial charge in [-0.1, -0.05) is 31.2 Å². The number of phenolic OH excluding ortho intramolecular Hbond substituents is 1. The number of rotatable bonds is 9. The zero-order valence-electron chi connectivity index (χ0n) is 20.7.